The van der Waals surface area contributed by atoms with Crippen molar-refractivity contribution in [3.8, 4) is 23.1 Å². The number of ether oxygens (including phenoxy) is 1. The summed E-state index contributed by atoms with van der Waals surface area (Å²) in [5.74, 6) is 1.63. The molecule has 5 nitrogen and oxygen atoms in total. The van der Waals surface area contributed by atoms with Crippen LogP contribution in [-0.4, -0.2) is 17.7 Å². The maximum Gasteiger partial charge on any atom is 0.121 e. The lowest BCUT2D eigenvalue weighted by atomic mass is 10.1. The molecular formula is C26H30N4O. The largest absolute Gasteiger partial charge is 0.494 e. The minimum Gasteiger partial charge on any atom is -0.494 e. The van der Waals surface area contributed by atoms with Crippen LogP contribution in [0.5, 0.6) is 5.75 Å². The summed E-state index contributed by atoms with van der Waals surface area (Å²) >= 11 is 0. The summed E-state index contributed by atoms with van der Waals surface area (Å²) in [6.45, 7) is 9.46. The summed E-state index contributed by atoms with van der Waals surface area (Å²) in [6.07, 6.45) is 4.74. The van der Waals surface area contributed by atoms with Gasteiger partial charge in [-0.1, -0.05) is 31.6 Å². The van der Waals surface area contributed by atoms with Crippen LogP contribution in [0.3, 0.4) is 0 Å². The van der Waals surface area contributed by atoms with Crippen molar-refractivity contribution in [3.63, 3.8) is 0 Å². The Balaban J connectivity index is 1.83. The monoisotopic (exact) mass is 414 g/mol. The van der Waals surface area contributed by atoms with Gasteiger partial charge in [0.15, 0.2) is 0 Å². The molecule has 0 spiro atoms. The number of anilines is 1. The lowest BCUT2D eigenvalue weighted by Gasteiger charge is -2.19. The van der Waals surface area contributed by atoms with E-state index in [9.17, 15) is 5.26 Å². The van der Waals surface area contributed by atoms with E-state index in [0.29, 0.717) is 12.6 Å². The minimum absolute atomic E-state index is 0.405. The zero-order valence-electron chi connectivity index (χ0n) is 18.4. The maximum atomic E-state index is 10.1. The molecule has 1 heterocycles. The van der Waals surface area contributed by atoms with Gasteiger partial charge < -0.3 is 19.9 Å². The SMILES string of the molecule is C=C(NCC)Nc1ccc(-c2c(C#N)c3ccc(OCC)cc3n2C2CCCC2)cc1. The molecule has 2 N–H and O–H groups in total. The highest BCUT2D eigenvalue weighted by atomic mass is 16.5. The Morgan fingerprint density at radius 3 is 2.55 bits per heavy atom. The topological polar surface area (TPSA) is 62.0 Å². The number of hydrogen-bond acceptors (Lipinski definition) is 4. The Bertz CT molecular complexity index is 1110. The molecular weight excluding hydrogens is 384 g/mol. The van der Waals surface area contributed by atoms with Crippen molar-refractivity contribution >= 4 is 16.6 Å². The highest BCUT2D eigenvalue weighted by Crippen LogP contribution is 2.42. The summed E-state index contributed by atoms with van der Waals surface area (Å²) < 4.78 is 8.17. The molecule has 4 rings (SSSR count). The Labute approximate surface area is 184 Å². The summed E-state index contributed by atoms with van der Waals surface area (Å²) in [6, 6.07) is 17.3. The molecule has 31 heavy (non-hydrogen) atoms. The van der Waals surface area contributed by atoms with Crippen LogP contribution < -0.4 is 15.4 Å². The third-order valence-electron chi connectivity index (χ3n) is 5.93. The maximum absolute atomic E-state index is 10.1. The van der Waals surface area contributed by atoms with Gasteiger partial charge >= 0.3 is 0 Å². The molecule has 1 saturated carbocycles. The first-order valence-corrected chi connectivity index (χ1v) is 11.2. The van der Waals surface area contributed by atoms with Crippen LogP contribution in [-0.2, 0) is 0 Å². The van der Waals surface area contributed by atoms with Crippen LogP contribution in [0, 0.1) is 11.3 Å². The Morgan fingerprint density at radius 2 is 1.90 bits per heavy atom. The van der Waals surface area contributed by atoms with E-state index < -0.39 is 0 Å². The van der Waals surface area contributed by atoms with Crippen molar-refractivity contribution in [2.45, 2.75) is 45.6 Å². The number of benzene rings is 2. The molecule has 5 heteroatoms. The second kappa shape index (κ2) is 9.18. The van der Waals surface area contributed by atoms with Crippen molar-refractivity contribution in [1.82, 2.24) is 9.88 Å². The van der Waals surface area contributed by atoms with Gasteiger partial charge in [-0.2, -0.15) is 5.26 Å². The van der Waals surface area contributed by atoms with E-state index in [4.69, 9.17) is 4.74 Å². The second-order valence-corrected chi connectivity index (χ2v) is 7.97. The van der Waals surface area contributed by atoms with E-state index in [0.717, 1.165) is 64.4 Å². The van der Waals surface area contributed by atoms with Gasteiger partial charge in [-0.3, -0.25) is 0 Å². The van der Waals surface area contributed by atoms with Gasteiger partial charge in [0.2, 0.25) is 0 Å². The van der Waals surface area contributed by atoms with Gasteiger partial charge in [-0.15, -0.1) is 0 Å². The first-order chi connectivity index (χ1) is 15.2. The fourth-order valence-electron chi connectivity index (χ4n) is 4.63. The average molecular weight is 415 g/mol. The van der Waals surface area contributed by atoms with E-state index in [-0.39, 0.29) is 0 Å². The standard InChI is InChI=1S/C26H30N4O/c1-4-28-18(3)29-20-12-10-19(11-13-20)26-24(17-27)23-15-14-22(31-5-2)16-25(23)30(26)21-8-6-7-9-21/h10-16,21,28-29H,3-9H2,1-2H3. The van der Waals surface area contributed by atoms with E-state index in [1.165, 1.54) is 12.8 Å². The molecule has 3 aromatic rings. The van der Waals surface area contributed by atoms with Crippen LogP contribution >= 0.6 is 0 Å². The lowest BCUT2D eigenvalue weighted by molar-refractivity contribution is 0.340. The van der Waals surface area contributed by atoms with Crippen LogP contribution in [0.15, 0.2) is 54.9 Å². The predicted octanol–water partition coefficient (Wildman–Crippen LogP) is 6.19. The van der Waals surface area contributed by atoms with Gasteiger partial charge in [-0.25, -0.2) is 0 Å². The molecule has 0 aliphatic heterocycles. The first kappa shape index (κ1) is 20.9. The van der Waals surface area contributed by atoms with Crippen molar-refractivity contribution in [2.75, 3.05) is 18.5 Å². The lowest BCUT2D eigenvalue weighted by Crippen LogP contribution is -2.17. The summed E-state index contributed by atoms with van der Waals surface area (Å²) in [4.78, 5) is 0. The molecule has 0 radical (unpaired) electrons. The minimum atomic E-state index is 0.405. The number of nitrogens with zero attached hydrogens (tertiary/aromatic N) is 2. The van der Waals surface area contributed by atoms with Crippen molar-refractivity contribution in [1.29, 1.82) is 5.26 Å². The van der Waals surface area contributed by atoms with Crippen molar-refractivity contribution < 1.29 is 4.74 Å². The zero-order chi connectivity index (χ0) is 21.8. The third-order valence-corrected chi connectivity index (χ3v) is 5.93. The third kappa shape index (κ3) is 4.11. The van der Waals surface area contributed by atoms with E-state index >= 15 is 0 Å². The molecule has 1 fully saturated rings. The predicted molar refractivity (Wildman–Crippen MR) is 127 cm³/mol. The smallest absolute Gasteiger partial charge is 0.121 e. The molecule has 1 aliphatic carbocycles. The molecule has 0 bridgehead atoms. The number of fused-ring (bicyclic) bond motifs is 1. The van der Waals surface area contributed by atoms with E-state index in [1.54, 1.807) is 0 Å². The number of rotatable bonds is 8. The number of aromatic nitrogens is 1. The molecule has 0 amide bonds. The van der Waals surface area contributed by atoms with Gasteiger partial charge in [0, 0.05) is 29.7 Å². The fourth-order valence-corrected chi connectivity index (χ4v) is 4.63. The van der Waals surface area contributed by atoms with Gasteiger partial charge in [-0.05, 0) is 56.5 Å². The van der Waals surface area contributed by atoms with E-state index in [1.807, 2.05) is 38.1 Å². The summed E-state index contributed by atoms with van der Waals surface area (Å²) in [5.41, 5.74) is 4.86. The van der Waals surface area contributed by atoms with Crippen molar-refractivity contribution in [2.24, 2.45) is 0 Å². The summed E-state index contributed by atoms with van der Waals surface area (Å²) in [7, 11) is 0. The molecule has 160 valence electrons. The number of nitrogens with one attached hydrogen (secondary N) is 2. The number of nitriles is 1. The summed E-state index contributed by atoms with van der Waals surface area (Å²) in [5, 5.41) is 17.6. The van der Waals surface area contributed by atoms with Crippen LogP contribution in [0.2, 0.25) is 0 Å². The van der Waals surface area contributed by atoms with Gasteiger partial charge in [0.05, 0.1) is 29.2 Å². The zero-order valence-corrected chi connectivity index (χ0v) is 18.4. The Morgan fingerprint density at radius 1 is 1.16 bits per heavy atom. The fraction of sp³-hybridized carbons (Fsp3) is 0.346. The van der Waals surface area contributed by atoms with Crippen LogP contribution in [0.1, 0.15) is 51.1 Å². The quantitative estimate of drug-likeness (QED) is 0.461. The van der Waals surface area contributed by atoms with Crippen LogP contribution in [0.25, 0.3) is 22.2 Å². The van der Waals surface area contributed by atoms with Gasteiger partial charge in [0.1, 0.15) is 11.8 Å². The molecule has 0 atom stereocenters. The highest BCUT2D eigenvalue weighted by Gasteiger charge is 2.26. The Hall–Kier alpha value is -3.39. The van der Waals surface area contributed by atoms with Crippen LogP contribution in [0.4, 0.5) is 5.69 Å². The highest BCUT2D eigenvalue weighted by molar-refractivity contribution is 5.95. The normalized spacial score (nSPS) is 13.8. The molecule has 2 aromatic carbocycles. The van der Waals surface area contributed by atoms with Crippen molar-refractivity contribution in [3.05, 3.63) is 60.4 Å². The molecule has 1 aliphatic rings. The second-order valence-electron chi connectivity index (χ2n) is 7.97. The molecule has 0 saturated heterocycles. The average Bonchev–Trinajstić information content (AvgIpc) is 3.40. The molecule has 0 unspecified atom stereocenters. The Kier molecular flexibility index (Phi) is 6.18. The number of hydrogen-bond donors (Lipinski definition) is 2. The first-order valence-electron chi connectivity index (χ1n) is 11.2. The van der Waals surface area contributed by atoms with E-state index in [2.05, 4.69) is 46.0 Å². The van der Waals surface area contributed by atoms with Gasteiger partial charge in [0.25, 0.3) is 0 Å². The molecule has 1 aromatic heterocycles.